The molecule has 19 heavy (non-hydrogen) atoms. The number of rotatable bonds is 5. The highest BCUT2D eigenvalue weighted by Gasteiger charge is 2.49. The van der Waals surface area contributed by atoms with Gasteiger partial charge in [-0.2, -0.15) is 0 Å². The Morgan fingerprint density at radius 3 is 2.42 bits per heavy atom. The summed E-state index contributed by atoms with van der Waals surface area (Å²) < 4.78 is 5.06. The summed E-state index contributed by atoms with van der Waals surface area (Å²) in [6.45, 7) is 0.478. The van der Waals surface area contributed by atoms with E-state index in [2.05, 4.69) is 0 Å². The normalized spacial score (nSPS) is 20.7. The second kappa shape index (κ2) is 5.30. The first-order chi connectivity index (χ1) is 9.02. The fourth-order valence-electron chi connectivity index (χ4n) is 2.11. The summed E-state index contributed by atoms with van der Waals surface area (Å²) in [6, 6.07) is 7.46. The summed E-state index contributed by atoms with van der Waals surface area (Å²) in [7, 11) is 3.30. The molecular weight excluding hydrogens is 246 g/mol. The molecule has 1 aliphatic rings. The summed E-state index contributed by atoms with van der Waals surface area (Å²) >= 11 is 0. The largest absolute Gasteiger partial charge is 0.497 e. The quantitative estimate of drug-likeness (QED) is 0.871. The smallest absolute Gasteiger partial charge is 0.307 e. The highest BCUT2D eigenvalue weighted by Crippen LogP contribution is 2.40. The number of hydrogen-bond acceptors (Lipinski definition) is 3. The number of nitrogens with zero attached hydrogens (tertiary/aromatic N) is 1. The molecule has 5 nitrogen and oxygen atoms in total. The van der Waals surface area contributed by atoms with Crippen molar-refractivity contribution < 1.29 is 19.4 Å². The molecule has 102 valence electrons. The monoisotopic (exact) mass is 263 g/mol. The number of carbonyl (C=O) groups is 2. The van der Waals surface area contributed by atoms with Crippen LogP contribution < -0.4 is 4.74 Å². The zero-order valence-electron chi connectivity index (χ0n) is 11.0. The molecule has 1 amide bonds. The van der Waals surface area contributed by atoms with Gasteiger partial charge in [0, 0.05) is 13.6 Å². The lowest BCUT2D eigenvalue weighted by atomic mass is 10.2. The lowest BCUT2D eigenvalue weighted by Crippen LogP contribution is -2.28. The molecule has 0 spiro atoms. The van der Waals surface area contributed by atoms with Crippen molar-refractivity contribution in [2.45, 2.75) is 13.0 Å². The molecule has 2 rings (SSSR count). The van der Waals surface area contributed by atoms with Crippen LogP contribution >= 0.6 is 0 Å². The molecular formula is C14H17NO4. The minimum absolute atomic E-state index is 0.0942. The summed E-state index contributed by atoms with van der Waals surface area (Å²) in [4.78, 5) is 24.3. The Hall–Kier alpha value is -2.04. The van der Waals surface area contributed by atoms with E-state index in [0.29, 0.717) is 13.0 Å². The number of hydrogen-bond donors (Lipinski definition) is 1. The number of benzene rings is 1. The third-order valence-electron chi connectivity index (χ3n) is 3.38. The van der Waals surface area contributed by atoms with Crippen LogP contribution in [0.25, 0.3) is 0 Å². The van der Waals surface area contributed by atoms with E-state index in [0.717, 1.165) is 11.3 Å². The van der Waals surface area contributed by atoms with Crippen molar-refractivity contribution in [2.24, 2.45) is 11.8 Å². The molecule has 0 heterocycles. The van der Waals surface area contributed by atoms with Crippen LogP contribution in [0.5, 0.6) is 5.75 Å². The van der Waals surface area contributed by atoms with Gasteiger partial charge in [0.15, 0.2) is 0 Å². The number of carboxylic acid groups (broad SMARTS) is 1. The van der Waals surface area contributed by atoms with Crippen LogP contribution in [0.4, 0.5) is 0 Å². The van der Waals surface area contributed by atoms with E-state index in [1.807, 2.05) is 24.3 Å². The Kier molecular flexibility index (Phi) is 3.74. The lowest BCUT2D eigenvalue weighted by Gasteiger charge is -2.17. The van der Waals surface area contributed by atoms with Gasteiger partial charge in [-0.25, -0.2) is 0 Å². The number of carboxylic acids is 1. The Morgan fingerprint density at radius 2 is 1.95 bits per heavy atom. The number of aliphatic carboxylic acids is 1. The summed E-state index contributed by atoms with van der Waals surface area (Å²) in [6.07, 6.45) is 0.459. The molecule has 1 N–H and O–H groups in total. The van der Waals surface area contributed by atoms with Gasteiger partial charge in [-0.05, 0) is 24.1 Å². The molecule has 0 unspecified atom stereocenters. The average molecular weight is 263 g/mol. The molecule has 0 bridgehead atoms. The maximum atomic E-state index is 12.0. The minimum atomic E-state index is -0.879. The molecule has 1 aromatic carbocycles. The highest BCUT2D eigenvalue weighted by atomic mass is 16.5. The molecule has 0 radical (unpaired) electrons. The van der Waals surface area contributed by atoms with Crippen molar-refractivity contribution in [3.05, 3.63) is 29.8 Å². The predicted molar refractivity (Wildman–Crippen MR) is 68.7 cm³/mol. The second-order valence-electron chi connectivity index (χ2n) is 4.83. The van der Waals surface area contributed by atoms with Crippen molar-refractivity contribution in [1.29, 1.82) is 0 Å². The zero-order valence-corrected chi connectivity index (χ0v) is 11.0. The second-order valence-corrected chi connectivity index (χ2v) is 4.83. The topological polar surface area (TPSA) is 66.8 Å². The van der Waals surface area contributed by atoms with Crippen molar-refractivity contribution in [2.75, 3.05) is 14.2 Å². The molecule has 1 saturated carbocycles. The van der Waals surface area contributed by atoms with Gasteiger partial charge in [0.1, 0.15) is 5.75 Å². The van der Waals surface area contributed by atoms with Crippen molar-refractivity contribution in [3.8, 4) is 5.75 Å². The fourth-order valence-corrected chi connectivity index (χ4v) is 2.11. The van der Waals surface area contributed by atoms with Gasteiger partial charge in [-0.3, -0.25) is 9.59 Å². The maximum Gasteiger partial charge on any atom is 0.307 e. The molecule has 0 saturated heterocycles. The van der Waals surface area contributed by atoms with E-state index in [1.165, 1.54) is 0 Å². The zero-order chi connectivity index (χ0) is 14.0. The van der Waals surface area contributed by atoms with Gasteiger partial charge in [-0.1, -0.05) is 12.1 Å². The molecule has 1 fully saturated rings. The van der Waals surface area contributed by atoms with Crippen LogP contribution in [0.15, 0.2) is 24.3 Å². The third kappa shape index (κ3) is 3.05. The van der Waals surface area contributed by atoms with Crippen LogP contribution in [-0.2, 0) is 16.1 Å². The van der Waals surface area contributed by atoms with E-state index in [9.17, 15) is 9.59 Å². The Labute approximate surface area is 111 Å². The van der Waals surface area contributed by atoms with Crippen LogP contribution in [0, 0.1) is 11.8 Å². The van der Waals surface area contributed by atoms with Crippen LogP contribution in [0.2, 0.25) is 0 Å². The summed E-state index contributed by atoms with van der Waals surface area (Å²) in [5, 5.41) is 8.82. The van der Waals surface area contributed by atoms with Gasteiger partial charge >= 0.3 is 5.97 Å². The van der Waals surface area contributed by atoms with Crippen molar-refractivity contribution in [3.63, 3.8) is 0 Å². The Morgan fingerprint density at radius 1 is 1.32 bits per heavy atom. The van der Waals surface area contributed by atoms with Crippen LogP contribution in [0.1, 0.15) is 12.0 Å². The summed E-state index contributed by atoms with van der Waals surface area (Å²) in [5.41, 5.74) is 0.990. The number of amides is 1. The third-order valence-corrected chi connectivity index (χ3v) is 3.38. The average Bonchev–Trinajstić information content (AvgIpc) is 3.19. The minimum Gasteiger partial charge on any atom is -0.497 e. The lowest BCUT2D eigenvalue weighted by molar-refractivity contribution is -0.141. The fraction of sp³-hybridized carbons (Fsp3) is 0.429. The number of methoxy groups -OCH3 is 1. The van der Waals surface area contributed by atoms with Crippen molar-refractivity contribution in [1.82, 2.24) is 4.90 Å². The molecule has 0 aromatic heterocycles. The molecule has 0 aliphatic heterocycles. The standard InChI is InChI=1S/C14H17NO4/c1-15(13(16)11-7-12(11)14(17)18)8-9-3-5-10(19-2)6-4-9/h3-6,11-12H,7-8H2,1-2H3,(H,17,18)/t11-,12+/m1/s1. The predicted octanol–water partition coefficient (Wildman–Crippen LogP) is 1.37. The first kappa shape index (κ1) is 13.4. The highest BCUT2D eigenvalue weighted by molar-refractivity contribution is 5.89. The van der Waals surface area contributed by atoms with E-state index >= 15 is 0 Å². The van der Waals surface area contributed by atoms with Gasteiger partial charge in [0.05, 0.1) is 18.9 Å². The summed E-state index contributed by atoms with van der Waals surface area (Å²) in [5.74, 6) is -1.04. The van der Waals surface area contributed by atoms with E-state index in [-0.39, 0.29) is 11.8 Å². The molecule has 2 atom stereocenters. The van der Waals surface area contributed by atoms with Gasteiger partial charge < -0.3 is 14.7 Å². The molecule has 1 aromatic rings. The van der Waals surface area contributed by atoms with E-state index in [4.69, 9.17) is 9.84 Å². The van der Waals surface area contributed by atoms with Crippen LogP contribution in [-0.4, -0.2) is 36.0 Å². The SMILES string of the molecule is COc1ccc(CN(C)C(=O)[C@@H]2C[C@@H]2C(=O)O)cc1. The van der Waals surface area contributed by atoms with E-state index in [1.54, 1.807) is 19.1 Å². The van der Waals surface area contributed by atoms with Gasteiger partial charge in [-0.15, -0.1) is 0 Å². The maximum absolute atomic E-state index is 12.0. The van der Waals surface area contributed by atoms with Gasteiger partial charge in [0.2, 0.25) is 5.91 Å². The molecule has 1 aliphatic carbocycles. The molecule has 5 heteroatoms. The first-order valence-electron chi connectivity index (χ1n) is 6.13. The van der Waals surface area contributed by atoms with Crippen molar-refractivity contribution >= 4 is 11.9 Å². The van der Waals surface area contributed by atoms with Crippen LogP contribution in [0.3, 0.4) is 0 Å². The first-order valence-corrected chi connectivity index (χ1v) is 6.13. The number of carbonyl (C=O) groups excluding carboxylic acids is 1. The van der Waals surface area contributed by atoms with E-state index < -0.39 is 11.9 Å². The van der Waals surface area contributed by atoms with Gasteiger partial charge in [0.25, 0.3) is 0 Å². The number of ether oxygens (including phenoxy) is 1. The Balaban J connectivity index is 1.91. The Bertz CT molecular complexity index is 483.